The lowest BCUT2D eigenvalue weighted by Crippen LogP contribution is -2.44. The maximum atomic E-state index is 15.9. The van der Waals surface area contributed by atoms with Gasteiger partial charge in [0.25, 0.3) is 0 Å². The van der Waals surface area contributed by atoms with Crippen molar-refractivity contribution in [1.29, 1.82) is 5.26 Å². The van der Waals surface area contributed by atoms with E-state index < -0.39 is 41.0 Å². The summed E-state index contributed by atoms with van der Waals surface area (Å²) in [4.78, 5) is 26.6. The number of carbonyl (C=O) groups excluding carboxylic acids is 2. The topological polar surface area (TPSA) is 88.4 Å². The summed E-state index contributed by atoms with van der Waals surface area (Å²) in [5, 5.41) is 14.3. The largest absolute Gasteiger partial charge is 0.496 e. The number of esters is 1. The van der Waals surface area contributed by atoms with Crippen molar-refractivity contribution in [3.8, 4) is 11.8 Å². The molecule has 0 spiro atoms. The maximum Gasteiger partial charge on any atom is 0.338 e. The molecule has 44 heavy (non-hydrogen) atoms. The molecule has 1 saturated heterocycles. The van der Waals surface area contributed by atoms with Gasteiger partial charge in [0, 0.05) is 34.5 Å². The molecule has 0 amide bonds. The molecular weight excluding hydrogens is 609 g/mol. The van der Waals surface area contributed by atoms with Crippen molar-refractivity contribution in [3.05, 3.63) is 98.5 Å². The lowest BCUT2D eigenvalue weighted by atomic mass is 9.62. The van der Waals surface area contributed by atoms with Crippen molar-refractivity contribution in [2.75, 3.05) is 13.7 Å². The Hall–Kier alpha value is -3.51. The summed E-state index contributed by atoms with van der Waals surface area (Å²) in [5.74, 6) is -3.34. The van der Waals surface area contributed by atoms with Crippen LogP contribution in [0.15, 0.2) is 54.6 Å². The molecule has 3 aromatic rings. The van der Waals surface area contributed by atoms with E-state index in [9.17, 15) is 14.9 Å². The zero-order valence-electron chi connectivity index (χ0n) is 25.1. The summed E-state index contributed by atoms with van der Waals surface area (Å²) in [5.41, 5.74) is -1.36. The number of ether oxygens (including phenoxy) is 2. The molecule has 1 heterocycles. The number of benzene rings is 3. The molecule has 10 heteroatoms. The van der Waals surface area contributed by atoms with Crippen molar-refractivity contribution in [2.45, 2.75) is 64.0 Å². The average Bonchev–Trinajstić information content (AvgIpc) is 3.27. The highest BCUT2D eigenvalue weighted by Gasteiger charge is 2.60. The summed E-state index contributed by atoms with van der Waals surface area (Å²) >= 11 is 12.3. The number of nitrogens with one attached hydrogen (secondary N) is 1. The van der Waals surface area contributed by atoms with Gasteiger partial charge in [0.1, 0.15) is 22.8 Å². The number of hydrogen-bond donors (Lipinski definition) is 1. The Bertz CT molecular complexity index is 1620. The molecule has 0 saturated carbocycles. The molecule has 0 radical (unpaired) electrons. The first kappa shape index (κ1) is 33.4. The molecule has 6 nitrogen and oxygen atoms in total. The Balaban J connectivity index is 1.91. The van der Waals surface area contributed by atoms with Gasteiger partial charge in [-0.1, -0.05) is 68.2 Å². The normalized spacial score (nSPS) is 21.5. The van der Waals surface area contributed by atoms with Crippen LogP contribution in [0.1, 0.15) is 67.1 Å². The van der Waals surface area contributed by atoms with Crippen molar-refractivity contribution in [3.63, 3.8) is 0 Å². The second-order valence-corrected chi connectivity index (χ2v) is 12.9. The first-order valence-corrected chi connectivity index (χ1v) is 15.0. The van der Waals surface area contributed by atoms with E-state index in [1.54, 1.807) is 13.0 Å². The number of methoxy groups -OCH3 is 1. The molecule has 4 rings (SSSR count). The fraction of sp³-hybridized carbons (Fsp3) is 0.382. The van der Waals surface area contributed by atoms with Crippen molar-refractivity contribution >= 4 is 35.0 Å². The number of Topliss-reactive ketones (excluding diaryl/α,β-unsaturated/α-hetero) is 1. The lowest BCUT2D eigenvalue weighted by molar-refractivity contribution is -0.120. The Morgan fingerprint density at radius 1 is 1.09 bits per heavy atom. The van der Waals surface area contributed by atoms with Crippen LogP contribution in [-0.4, -0.2) is 37.6 Å². The van der Waals surface area contributed by atoms with Crippen LogP contribution in [0.5, 0.6) is 5.75 Å². The minimum absolute atomic E-state index is 0.00203. The first-order valence-electron chi connectivity index (χ1n) is 14.2. The van der Waals surface area contributed by atoms with Gasteiger partial charge in [0.2, 0.25) is 0 Å². The molecule has 0 unspecified atom stereocenters. The van der Waals surface area contributed by atoms with Crippen LogP contribution in [0, 0.1) is 28.4 Å². The van der Waals surface area contributed by atoms with Crippen LogP contribution < -0.4 is 10.1 Å². The number of hydrogen-bond acceptors (Lipinski definition) is 6. The van der Waals surface area contributed by atoms with E-state index in [0.717, 1.165) is 6.07 Å². The summed E-state index contributed by atoms with van der Waals surface area (Å²) < 4.78 is 42.3. The zero-order chi connectivity index (χ0) is 32.4. The van der Waals surface area contributed by atoms with E-state index >= 15 is 8.78 Å². The van der Waals surface area contributed by atoms with E-state index in [-0.39, 0.29) is 56.7 Å². The highest BCUT2D eigenvalue weighted by molar-refractivity contribution is 6.31. The number of rotatable bonds is 9. The van der Waals surface area contributed by atoms with Crippen LogP contribution in [-0.2, 0) is 21.4 Å². The van der Waals surface area contributed by atoms with Gasteiger partial charge in [-0.05, 0) is 54.7 Å². The van der Waals surface area contributed by atoms with Gasteiger partial charge in [-0.25, -0.2) is 13.6 Å². The van der Waals surface area contributed by atoms with Crippen LogP contribution in [0.25, 0.3) is 0 Å². The summed E-state index contributed by atoms with van der Waals surface area (Å²) in [6.45, 7) is 7.79. The van der Waals surface area contributed by atoms with Crippen molar-refractivity contribution in [2.24, 2.45) is 5.41 Å². The molecular formula is C34H34Cl2F2N2O4. The molecule has 1 aliphatic rings. The van der Waals surface area contributed by atoms with Gasteiger partial charge in [-0.15, -0.1) is 0 Å². The van der Waals surface area contributed by atoms with Gasteiger partial charge in [0.15, 0.2) is 5.78 Å². The van der Waals surface area contributed by atoms with E-state index in [1.165, 1.54) is 49.6 Å². The van der Waals surface area contributed by atoms with Crippen LogP contribution in [0.3, 0.4) is 0 Å². The summed E-state index contributed by atoms with van der Waals surface area (Å²) in [6.07, 6.45) is 0.165. The van der Waals surface area contributed by atoms with Crippen LogP contribution in [0.2, 0.25) is 10.0 Å². The minimum atomic E-state index is -1.73. The first-order chi connectivity index (χ1) is 20.8. The Labute approximate surface area is 266 Å². The average molecular weight is 644 g/mol. The molecule has 232 valence electrons. The second-order valence-electron chi connectivity index (χ2n) is 12.1. The molecule has 0 bridgehead atoms. The van der Waals surface area contributed by atoms with Crippen LogP contribution >= 0.6 is 23.2 Å². The Morgan fingerprint density at radius 2 is 1.82 bits per heavy atom. The predicted molar refractivity (Wildman–Crippen MR) is 165 cm³/mol. The van der Waals surface area contributed by atoms with E-state index in [2.05, 4.69) is 11.4 Å². The van der Waals surface area contributed by atoms with Gasteiger partial charge in [-0.3, -0.25) is 4.79 Å². The number of ketones is 1. The van der Waals surface area contributed by atoms with E-state index in [4.69, 9.17) is 32.7 Å². The molecule has 3 aromatic carbocycles. The highest BCUT2D eigenvalue weighted by Crippen LogP contribution is 2.53. The van der Waals surface area contributed by atoms with E-state index in [1.807, 2.05) is 20.8 Å². The van der Waals surface area contributed by atoms with Crippen molar-refractivity contribution in [1.82, 2.24) is 5.32 Å². The maximum absolute atomic E-state index is 15.9. The lowest BCUT2D eigenvalue weighted by Gasteiger charge is -2.37. The third-order valence-corrected chi connectivity index (χ3v) is 8.49. The van der Waals surface area contributed by atoms with Crippen LogP contribution in [0.4, 0.5) is 8.78 Å². The standard InChI is InChI=1S/C34H34Cl2F2N2O4/c1-6-44-32(42)20-11-10-19(27(15-20)43-5)14-26(41)31-29(22-8-7-9-24(36)30(22)38)34(18-39,28(40-31)17-33(2,3)4)23-13-12-21(35)16-25(23)37/h7-13,15-16,28-29,31,40H,6,14,17H2,1-5H3/t28-,29+,31+,34+/m1/s1. The third-order valence-electron chi connectivity index (χ3n) is 7.96. The number of carbonyl (C=O) groups is 2. The fourth-order valence-corrected chi connectivity index (χ4v) is 6.48. The molecule has 0 aliphatic carbocycles. The zero-order valence-corrected chi connectivity index (χ0v) is 26.7. The van der Waals surface area contributed by atoms with Gasteiger partial charge in [-0.2, -0.15) is 5.26 Å². The van der Waals surface area contributed by atoms with Gasteiger partial charge >= 0.3 is 5.97 Å². The summed E-state index contributed by atoms with van der Waals surface area (Å²) in [7, 11) is 1.42. The Morgan fingerprint density at radius 3 is 2.43 bits per heavy atom. The van der Waals surface area contributed by atoms with Gasteiger partial charge in [0.05, 0.1) is 36.4 Å². The molecule has 1 fully saturated rings. The SMILES string of the molecule is CCOC(=O)c1ccc(CC(=O)[C@@H]2N[C@H](CC(C)(C)C)[C@](C#N)(c3ccc(Cl)cc3F)[C@H]2c2cccc(Cl)c2F)c(OC)c1. The van der Waals surface area contributed by atoms with Gasteiger partial charge < -0.3 is 14.8 Å². The smallest absolute Gasteiger partial charge is 0.338 e. The number of halogens is 4. The highest BCUT2D eigenvalue weighted by atomic mass is 35.5. The molecule has 1 aliphatic heterocycles. The predicted octanol–water partition coefficient (Wildman–Crippen LogP) is 7.59. The molecule has 0 aromatic heterocycles. The molecule has 1 N–H and O–H groups in total. The fourth-order valence-electron chi connectivity index (χ4n) is 6.14. The molecule has 4 atom stereocenters. The number of nitrogens with zero attached hydrogens (tertiary/aromatic N) is 1. The minimum Gasteiger partial charge on any atom is -0.496 e. The van der Waals surface area contributed by atoms with Crippen molar-refractivity contribution < 1.29 is 27.8 Å². The number of nitriles is 1. The Kier molecular flexibility index (Phi) is 10.0. The second kappa shape index (κ2) is 13.2. The van der Waals surface area contributed by atoms with E-state index in [0.29, 0.717) is 12.0 Å². The monoisotopic (exact) mass is 642 g/mol. The summed E-state index contributed by atoms with van der Waals surface area (Å²) in [6, 6.07) is 13.5. The third kappa shape index (κ3) is 6.46. The quantitative estimate of drug-likeness (QED) is 0.242.